The van der Waals surface area contributed by atoms with E-state index in [0.29, 0.717) is 38.2 Å². The van der Waals surface area contributed by atoms with E-state index in [4.69, 9.17) is 32.7 Å². The molecule has 2 saturated heterocycles. The van der Waals surface area contributed by atoms with Gasteiger partial charge in [0, 0.05) is 32.4 Å². The number of nitriles is 1. The van der Waals surface area contributed by atoms with Crippen LogP contribution in [-0.2, 0) is 63.3 Å². The maximum atomic E-state index is 14.2. The molecule has 31 nitrogen and oxygen atoms in total. The van der Waals surface area contributed by atoms with Crippen molar-refractivity contribution in [2.24, 2.45) is 5.92 Å². The Morgan fingerprint density at radius 1 is 0.901 bits per heavy atom. The molecule has 1 aromatic carbocycles. The van der Waals surface area contributed by atoms with Crippen LogP contribution >= 0.6 is 7.82 Å². The molecule has 5 aromatic rings. The number of nitrogens with one attached hydrogen (secondary N) is 3. The first kappa shape index (κ1) is 52.1. The lowest BCUT2D eigenvalue weighted by molar-refractivity contribution is -0.454. The maximum absolute atomic E-state index is 14.2. The highest BCUT2D eigenvalue weighted by atomic mass is 31.2. The first-order valence-electron chi connectivity index (χ1n) is 20.7. The highest BCUT2D eigenvalue weighted by Crippen LogP contribution is 2.68. The van der Waals surface area contributed by atoms with Crippen molar-refractivity contribution < 1.29 is 92.0 Å². The number of amides is 2. The fourth-order valence-electron chi connectivity index (χ4n) is 8.27. The number of methoxy groups -OCH3 is 1. The van der Waals surface area contributed by atoms with Crippen LogP contribution in [0.5, 0.6) is 0 Å². The number of aromatic nitrogens is 8. The summed E-state index contributed by atoms with van der Waals surface area (Å²) in [7, 11) is -5.41. The van der Waals surface area contributed by atoms with E-state index in [1.807, 2.05) is 0 Å². The SMILES string of the molecule is CO[C@]1(O)[C@](OP(=O)(O)OCCC#N)(n2cnc3c(NC(=O)c4ccccc4)ncnc32)O[C@H](CO)[C@]1(O)[C@@]1(n2cnc3c(=O)[nH]c(NC(=O)C(C)C)nc32)O[C@H](CO)[C@](O)(OC(C)=O)[C@]1(O)OC(C)=O. The quantitative estimate of drug-likeness (QED) is 0.0199. The molecule has 1 unspecified atom stereocenters. The maximum Gasteiger partial charge on any atom is 0.476 e. The number of anilines is 2. The molecule has 2 aliphatic heterocycles. The average Bonchev–Trinajstić information content (AvgIpc) is 4.04. The first-order valence-corrected chi connectivity index (χ1v) is 22.2. The highest BCUT2D eigenvalue weighted by molar-refractivity contribution is 7.47. The number of phosphoric acid groups is 1. The number of benzene rings is 1. The number of rotatable bonds is 17. The van der Waals surface area contributed by atoms with Gasteiger partial charge in [-0.2, -0.15) is 10.2 Å². The van der Waals surface area contributed by atoms with Gasteiger partial charge < -0.3 is 64.5 Å². The number of esters is 2. The third-order valence-electron chi connectivity index (χ3n) is 11.3. The van der Waals surface area contributed by atoms with E-state index in [9.17, 15) is 69.3 Å². The summed E-state index contributed by atoms with van der Waals surface area (Å²) in [5, 5.41) is 89.7. The third kappa shape index (κ3) is 7.90. The molecule has 7 rings (SSSR count). The van der Waals surface area contributed by atoms with Crippen LogP contribution in [0.25, 0.3) is 22.3 Å². The molecular weight excluding hydrogens is 973 g/mol. The number of carbonyl (C=O) groups is 4. The summed E-state index contributed by atoms with van der Waals surface area (Å²) in [6.07, 6.45) is -4.24. The lowest BCUT2D eigenvalue weighted by atomic mass is 9.72. The summed E-state index contributed by atoms with van der Waals surface area (Å²) < 4.78 is 53.9. The molecule has 0 saturated carbocycles. The van der Waals surface area contributed by atoms with Crippen LogP contribution in [0.1, 0.15) is 44.5 Å². The molecule has 6 heterocycles. The van der Waals surface area contributed by atoms with Crippen molar-refractivity contribution in [3.63, 3.8) is 0 Å². The number of fused-ring (bicyclic) bond motifs is 2. The summed E-state index contributed by atoms with van der Waals surface area (Å²) in [6.45, 7) is -0.0274. The van der Waals surface area contributed by atoms with Crippen molar-refractivity contribution in [3.05, 3.63) is 65.2 Å². The normalized spacial score (nSPS) is 29.2. The van der Waals surface area contributed by atoms with Crippen LogP contribution < -0.4 is 16.2 Å². The number of hydrogen-bond donors (Lipinski definition) is 10. The number of nitrogens with zero attached hydrogens (tertiary/aromatic N) is 8. The van der Waals surface area contributed by atoms with Crippen molar-refractivity contribution in [3.8, 4) is 6.07 Å². The van der Waals surface area contributed by atoms with Gasteiger partial charge in [-0.25, -0.2) is 29.0 Å². The van der Waals surface area contributed by atoms with Crippen LogP contribution in [0.15, 0.2) is 54.1 Å². The van der Waals surface area contributed by atoms with Crippen LogP contribution in [0.4, 0.5) is 11.8 Å². The second kappa shape index (κ2) is 18.8. The van der Waals surface area contributed by atoms with Gasteiger partial charge >= 0.3 is 37.2 Å². The van der Waals surface area contributed by atoms with E-state index >= 15 is 0 Å². The number of aromatic amines is 1. The number of phosphoric ester groups is 1. The summed E-state index contributed by atoms with van der Waals surface area (Å²) in [6, 6.07) is 9.28. The molecule has 71 heavy (non-hydrogen) atoms. The molecule has 2 amide bonds. The standard InChI is InChI=1S/C39H44N11O20P/c1-19(2)30(55)47-33-46-29-26(32(57)48-33)44-17-49(29)36(38(61,67-21(4)54)35(59,66-20(3)53)24(15-52)68-36)34(58)23(14-51)69-39(37(34,60)64-5,70-71(62,63)65-13-9-12-40)50-18-43-25-27(41-16-42-28(25)50)45-31(56)22-10-7-6-8-11-22/h6-8,10-11,16-19,23-24,51-52,58-61H,9,13-15H2,1-5H3,(H,62,63)(H,41,42,45,56)(H2,46,47,48,55,57)/t23-,24-,34+,35+,36-,37+,38+,39+/m1/s1. The smallest absolute Gasteiger partial charge is 0.423 e. The van der Waals surface area contributed by atoms with Crippen molar-refractivity contribution in [1.29, 1.82) is 5.26 Å². The Hall–Kier alpha value is -6.76. The van der Waals surface area contributed by atoms with E-state index in [-0.39, 0.29) is 15.9 Å². The zero-order valence-electron chi connectivity index (χ0n) is 37.6. The molecule has 32 heteroatoms. The van der Waals surface area contributed by atoms with Gasteiger partial charge in [0.1, 0.15) is 18.8 Å². The molecule has 9 atom stereocenters. The minimum Gasteiger partial charge on any atom is -0.423 e. The molecule has 10 N–H and O–H groups in total. The van der Waals surface area contributed by atoms with Crippen molar-refractivity contribution in [2.45, 2.75) is 80.9 Å². The second-order valence-electron chi connectivity index (χ2n) is 15.9. The monoisotopic (exact) mass is 1020 g/mol. The summed E-state index contributed by atoms with van der Waals surface area (Å²) >= 11 is 0. The Bertz CT molecular complexity index is 3060. The van der Waals surface area contributed by atoms with Crippen LogP contribution in [0, 0.1) is 17.2 Å². The van der Waals surface area contributed by atoms with Crippen LogP contribution in [-0.4, -0.2) is 160 Å². The Morgan fingerprint density at radius 3 is 2.15 bits per heavy atom. The number of aliphatic hydroxyl groups excluding tert-OH is 2. The van der Waals surface area contributed by atoms with Gasteiger partial charge in [0.15, 0.2) is 34.2 Å². The minimum atomic E-state index is -5.96. The zero-order valence-corrected chi connectivity index (χ0v) is 38.5. The number of carbonyl (C=O) groups excluding carboxylic acids is 4. The summed E-state index contributed by atoms with van der Waals surface area (Å²) in [5.41, 5.74) is -12.5. The van der Waals surface area contributed by atoms with Gasteiger partial charge in [-0.3, -0.25) is 47.9 Å². The fraction of sp³-hybridized carbons (Fsp3) is 0.462. The number of ether oxygens (including phenoxy) is 5. The van der Waals surface area contributed by atoms with Crippen molar-refractivity contribution in [2.75, 3.05) is 37.6 Å². The van der Waals surface area contributed by atoms with E-state index < -0.39 is 144 Å². The van der Waals surface area contributed by atoms with E-state index in [0.717, 1.165) is 6.33 Å². The molecular formula is C39H44N11O20P. The Labute approximate surface area is 397 Å². The number of H-pyrrole nitrogens is 1. The largest absolute Gasteiger partial charge is 0.476 e. The number of hydrogen-bond acceptors (Lipinski definition) is 25. The molecule has 2 fully saturated rings. The number of imidazole rings is 2. The number of aliphatic hydroxyl groups is 6. The average molecular weight is 1020 g/mol. The van der Waals surface area contributed by atoms with E-state index in [1.165, 1.54) is 26.0 Å². The van der Waals surface area contributed by atoms with Gasteiger partial charge in [-0.05, 0) is 12.1 Å². The lowest BCUT2D eigenvalue weighted by Gasteiger charge is -2.54. The van der Waals surface area contributed by atoms with E-state index in [2.05, 4.69) is 40.5 Å². The highest BCUT2D eigenvalue weighted by Gasteiger charge is 2.95. The summed E-state index contributed by atoms with van der Waals surface area (Å²) in [4.78, 5) is 100. The Morgan fingerprint density at radius 2 is 1.55 bits per heavy atom. The molecule has 0 radical (unpaired) electrons. The predicted molar refractivity (Wildman–Crippen MR) is 229 cm³/mol. The topological polar surface area (TPSA) is 447 Å². The predicted octanol–water partition coefficient (Wildman–Crippen LogP) is -2.53. The second-order valence-corrected chi connectivity index (χ2v) is 17.3. The Kier molecular flexibility index (Phi) is 13.8. The Balaban J connectivity index is 1.63. The van der Waals surface area contributed by atoms with Crippen LogP contribution in [0.3, 0.4) is 0 Å². The zero-order chi connectivity index (χ0) is 52.1. The molecule has 2 aliphatic rings. The molecule has 0 aliphatic carbocycles. The van der Waals surface area contributed by atoms with Gasteiger partial charge in [0.25, 0.3) is 23.0 Å². The van der Waals surface area contributed by atoms with Gasteiger partial charge in [0.2, 0.25) is 17.5 Å². The summed E-state index contributed by atoms with van der Waals surface area (Å²) in [5.74, 6) is -23.2. The molecule has 0 spiro atoms. The minimum absolute atomic E-state index is 0.118. The lowest BCUT2D eigenvalue weighted by Crippen LogP contribution is -2.82. The molecule has 4 aromatic heterocycles. The first-order chi connectivity index (χ1) is 33.4. The molecule has 0 bridgehead atoms. The van der Waals surface area contributed by atoms with Crippen molar-refractivity contribution in [1.82, 2.24) is 39.0 Å². The fourth-order valence-corrected chi connectivity index (χ4v) is 9.21. The molecule has 380 valence electrons. The van der Waals surface area contributed by atoms with E-state index in [1.54, 1.807) is 24.3 Å². The van der Waals surface area contributed by atoms with Gasteiger partial charge in [-0.1, -0.05) is 32.0 Å². The van der Waals surface area contributed by atoms with Crippen molar-refractivity contribution >= 4 is 65.7 Å². The van der Waals surface area contributed by atoms with Crippen LogP contribution in [0.2, 0.25) is 0 Å². The van der Waals surface area contributed by atoms with Gasteiger partial charge in [0.05, 0.1) is 38.6 Å². The van der Waals surface area contributed by atoms with Gasteiger partial charge in [-0.15, -0.1) is 0 Å². The third-order valence-corrected chi connectivity index (χ3v) is 12.3.